The van der Waals surface area contributed by atoms with E-state index in [0.717, 1.165) is 39.4 Å². The van der Waals surface area contributed by atoms with E-state index in [1.165, 1.54) is 5.56 Å². The zero-order valence-electron chi connectivity index (χ0n) is 18.6. The summed E-state index contributed by atoms with van der Waals surface area (Å²) in [5.41, 5.74) is 3.22. The number of halogens is 1. The first-order valence-corrected chi connectivity index (χ1v) is 12.9. The lowest BCUT2D eigenvalue weighted by molar-refractivity contribution is 0.210. The van der Waals surface area contributed by atoms with Crippen LogP contribution in [0.5, 0.6) is 5.75 Å². The maximum Gasteiger partial charge on any atom is 0.192 e. The summed E-state index contributed by atoms with van der Waals surface area (Å²) in [6, 6.07) is 15.9. The summed E-state index contributed by atoms with van der Waals surface area (Å²) < 4.78 is 8.18. The van der Waals surface area contributed by atoms with Crippen molar-refractivity contribution in [3.05, 3.63) is 88.7 Å². The van der Waals surface area contributed by atoms with Crippen molar-refractivity contribution in [1.29, 1.82) is 0 Å². The van der Waals surface area contributed by atoms with Gasteiger partial charge in [0.1, 0.15) is 10.8 Å². The minimum Gasteiger partial charge on any atom is -0.483 e. The Balaban J connectivity index is 1.46. The van der Waals surface area contributed by atoms with Crippen molar-refractivity contribution in [2.45, 2.75) is 43.8 Å². The molecule has 0 amide bonds. The molecule has 0 aliphatic heterocycles. The molecule has 8 heteroatoms. The minimum absolute atomic E-state index is 0.245. The van der Waals surface area contributed by atoms with E-state index in [1.807, 2.05) is 54.0 Å². The number of thioether (sulfide) groups is 1. The van der Waals surface area contributed by atoms with Gasteiger partial charge in [0.2, 0.25) is 0 Å². The third kappa shape index (κ3) is 5.66. The second-order valence-corrected chi connectivity index (χ2v) is 9.62. The number of hydrogen-bond acceptors (Lipinski definition) is 6. The van der Waals surface area contributed by atoms with Gasteiger partial charge in [-0.15, -0.1) is 28.1 Å². The molecule has 0 aliphatic carbocycles. The molecule has 0 radical (unpaired) electrons. The Labute approximate surface area is 207 Å². The Bertz CT molecular complexity index is 1220. The van der Waals surface area contributed by atoms with Gasteiger partial charge < -0.3 is 4.74 Å². The Morgan fingerprint density at radius 1 is 1.18 bits per heavy atom. The van der Waals surface area contributed by atoms with E-state index >= 15 is 0 Å². The van der Waals surface area contributed by atoms with Gasteiger partial charge in [-0.2, -0.15) is 0 Å². The summed E-state index contributed by atoms with van der Waals surface area (Å²) in [7, 11) is 0. The Morgan fingerprint density at radius 3 is 2.70 bits per heavy atom. The molecule has 0 aliphatic rings. The van der Waals surface area contributed by atoms with Crippen LogP contribution in [0.15, 0.2) is 71.7 Å². The number of hydrogen-bond donors (Lipinski definition) is 0. The standard InChI is InChI=1S/C25H25ClN4OS2/c1-4-14-30-23(17(3)31-20-12-10-18(5-2)11-13-20)28-29-25(30)33-16-19-15-32-24(27-19)21-8-6-7-9-22(21)26/h4,6-13,15,17H,1,5,14,16H2,2-3H3. The van der Waals surface area contributed by atoms with E-state index in [2.05, 4.69) is 41.2 Å². The molecule has 0 saturated heterocycles. The minimum atomic E-state index is -0.245. The molecule has 2 aromatic carbocycles. The molecule has 1 atom stereocenters. The predicted molar refractivity (Wildman–Crippen MR) is 137 cm³/mol. The van der Waals surface area contributed by atoms with E-state index in [1.54, 1.807) is 23.1 Å². The van der Waals surface area contributed by atoms with Crippen LogP contribution in [-0.4, -0.2) is 19.7 Å². The SMILES string of the molecule is C=CCn1c(SCc2csc(-c3ccccc3Cl)n2)nnc1C(C)Oc1ccc(CC)cc1. The van der Waals surface area contributed by atoms with Crippen molar-refractivity contribution in [3.8, 4) is 16.3 Å². The molecular weight excluding hydrogens is 472 g/mol. The van der Waals surface area contributed by atoms with E-state index in [4.69, 9.17) is 21.3 Å². The summed E-state index contributed by atoms with van der Waals surface area (Å²) in [5.74, 6) is 2.27. The number of aromatic nitrogens is 4. The second-order valence-electron chi connectivity index (χ2n) is 7.41. The number of aryl methyl sites for hydroxylation is 1. The van der Waals surface area contributed by atoms with Crippen LogP contribution >= 0.6 is 34.7 Å². The fourth-order valence-electron chi connectivity index (χ4n) is 3.34. The summed E-state index contributed by atoms with van der Waals surface area (Å²) in [4.78, 5) is 4.75. The predicted octanol–water partition coefficient (Wildman–Crippen LogP) is 7.24. The molecule has 4 rings (SSSR count). The van der Waals surface area contributed by atoms with Crippen molar-refractivity contribution >= 4 is 34.7 Å². The average molecular weight is 497 g/mol. The molecule has 2 aromatic heterocycles. The summed E-state index contributed by atoms with van der Waals surface area (Å²) >= 11 is 9.51. The molecule has 0 saturated carbocycles. The van der Waals surface area contributed by atoms with Crippen LogP contribution in [0, 0.1) is 0 Å². The van der Waals surface area contributed by atoms with Crippen molar-refractivity contribution in [2.24, 2.45) is 0 Å². The third-order valence-corrected chi connectivity index (χ3v) is 7.32. The maximum absolute atomic E-state index is 6.32. The highest BCUT2D eigenvalue weighted by Crippen LogP contribution is 2.32. The highest BCUT2D eigenvalue weighted by atomic mass is 35.5. The number of rotatable bonds is 10. The van der Waals surface area contributed by atoms with Crippen LogP contribution < -0.4 is 4.74 Å². The molecule has 0 bridgehead atoms. The zero-order chi connectivity index (χ0) is 23.2. The Hall–Kier alpha value is -2.61. The van der Waals surface area contributed by atoms with Crippen LogP contribution in [-0.2, 0) is 18.7 Å². The fraction of sp³-hybridized carbons (Fsp3) is 0.240. The molecule has 0 fully saturated rings. The topological polar surface area (TPSA) is 52.8 Å². The van der Waals surface area contributed by atoms with Gasteiger partial charge in [0.25, 0.3) is 0 Å². The molecule has 5 nitrogen and oxygen atoms in total. The quantitative estimate of drug-likeness (QED) is 0.171. The number of nitrogens with zero attached hydrogens (tertiary/aromatic N) is 4. The number of thiazole rings is 1. The van der Waals surface area contributed by atoms with Crippen molar-refractivity contribution in [2.75, 3.05) is 0 Å². The normalized spacial score (nSPS) is 12.0. The number of benzene rings is 2. The highest BCUT2D eigenvalue weighted by Gasteiger charge is 2.19. The smallest absolute Gasteiger partial charge is 0.192 e. The van der Waals surface area contributed by atoms with Gasteiger partial charge in [0, 0.05) is 23.2 Å². The van der Waals surface area contributed by atoms with E-state index in [9.17, 15) is 0 Å². The van der Waals surface area contributed by atoms with Crippen LogP contribution in [0.4, 0.5) is 0 Å². The van der Waals surface area contributed by atoms with Crippen molar-refractivity contribution in [1.82, 2.24) is 19.7 Å². The zero-order valence-corrected chi connectivity index (χ0v) is 21.0. The highest BCUT2D eigenvalue weighted by molar-refractivity contribution is 7.98. The molecule has 0 spiro atoms. The maximum atomic E-state index is 6.32. The first kappa shape index (κ1) is 23.5. The average Bonchev–Trinajstić information content (AvgIpc) is 3.46. The van der Waals surface area contributed by atoms with E-state index < -0.39 is 0 Å². The fourth-order valence-corrected chi connectivity index (χ4v) is 5.43. The van der Waals surface area contributed by atoms with Crippen molar-refractivity contribution in [3.63, 3.8) is 0 Å². The summed E-state index contributed by atoms with van der Waals surface area (Å²) in [6.45, 7) is 8.63. The lowest BCUT2D eigenvalue weighted by Crippen LogP contribution is -2.12. The van der Waals surface area contributed by atoms with Crippen LogP contribution in [0.2, 0.25) is 5.02 Å². The van der Waals surface area contributed by atoms with E-state index in [0.29, 0.717) is 17.3 Å². The molecule has 0 N–H and O–H groups in total. The van der Waals surface area contributed by atoms with Crippen molar-refractivity contribution < 1.29 is 4.74 Å². The largest absolute Gasteiger partial charge is 0.483 e. The molecule has 4 aromatic rings. The van der Waals surface area contributed by atoms with Gasteiger partial charge in [-0.1, -0.05) is 66.7 Å². The molecule has 170 valence electrons. The molecule has 1 unspecified atom stereocenters. The second kappa shape index (κ2) is 11.0. The van der Waals surface area contributed by atoms with Gasteiger partial charge in [0.15, 0.2) is 17.1 Å². The molecule has 33 heavy (non-hydrogen) atoms. The third-order valence-electron chi connectivity index (χ3n) is 5.07. The first-order valence-electron chi connectivity index (χ1n) is 10.7. The number of allylic oxidation sites excluding steroid dienone is 1. The van der Waals surface area contributed by atoms with E-state index in [-0.39, 0.29) is 6.10 Å². The number of ether oxygens (including phenoxy) is 1. The van der Waals surface area contributed by atoms with Crippen LogP contribution in [0.25, 0.3) is 10.6 Å². The van der Waals surface area contributed by atoms with Crippen LogP contribution in [0.3, 0.4) is 0 Å². The van der Waals surface area contributed by atoms with Crippen LogP contribution in [0.1, 0.15) is 37.0 Å². The Morgan fingerprint density at radius 2 is 1.97 bits per heavy atom. The molecular formula is C25H25ClN4OS2. The lowest BCUT2D eigenvalue weighted by Gasteiger charge is -2.16. The molecule has 2 heterocycles. The Kier molecular flexibility index (Phi) is 7.85. The monoisotopic (exact) mass is 496 g/mol. The van der Waals surface area contributed by atoms with Gasteiger partial charge in [-0.05, 0) is 37.1 Å². The summed E-state index contributed by atoms with van der Waals surface area (Å²) in [5, 5.41) is 13.3. The van der Waals surface area contributed by atoms with Gasteiger partial charge >= 0.3 is 0 Å². The van der Waals surface area contributed by atoms with Gasteiger partial charge in [-0.3, -0.25) is 4.57 Å². The lowest BCUT2D eigenvalue weighted by atomic mass is 10.2. The van der Waals surface area contributed by atoms with Gasteiger partial charge in [-0.25, -0.2) is 4.98 Å². The first-order chi connectivity index (χ1) is 16.1. The van der Waals surface area contributed by atoms with Gasteiger partial charge in [0.05, 0.1) is 10.7 Å². The summed E-state index contributed by atoms with van der Waals surface area (Å²) in [6.07, 6.45) is 2.60.